The Kier molecular flexibility index (Phi) is 6.39. The van der Waals surface area contributed by atoms with E-state index in [-0.39, 0.29) is 38.0 Å². The fourth-order valence-corrected chi connectivity index (χ4v) is 2.63. The molecule has 0 fully saturated rings. The van der Waals surface area contributed by atoms with Crippen molar-refractivity contribution < 1.29 is 24.2 Å². The lowest BCUT2D eigenvalue weighted by Gasteiger charge is -2.38. The van der Waals surface area contributed by atoms with E-state index >= 15 is 0 Å². The van der Waals surface area contributed by atoms with Crippen LogP contribution in [0.2, 0.25) is 0 Å². The number of benzene rings is 1. The minimum atomic E-state index is -0.961. The third-order valence-electron chi connectivity index (χ3n) is 3.90. The van der Waals surface area contributed by atoms with E-state index < -0.39 is 5.60 Å². The average molecular weight is 350 g/mol. The molecule has 2 rings (SSSR count). The van der Waals surface area contributed by atoms with Gasteiger partial charge in [-0.1, -0.05) is 6.07 Å². The predicted octanol–water partition coefficient (Wildman–Crippen LogP) is 1.01. The summed E-state index contributed by atoms with van der Waals surface area (Å²) in [5.74, 6) is 0.330. The van der Waals surface area contributed by atoms with E-state index in [2.05, 4.69) is 5.32 Å². The zero-order chi connectivity index (χ0) is 18.4. The highest BCUT2D eigenvalue weighted by Gasteiger charge is 2.40. The molecule has 0 unspecified atom stereocenters. The Morgan fingerprint density at radius 3 is 2.84 bits per heavy atom. The van der Waals surface area contributed by atoms with Gasteiger partial charge in [0.2, 0.25) is 5.91 Å². The van der Waals surface area contributed by atoms with Crippen LogP contribution in [0, 0.1) is 6.92 Å². The third kappa shape index (κ3) is 4.93. The zero-order valence-electron chi connectivity index (χ0n) is 15.0. The van der Waals surface area contributed by atoms with E-state index in [1.54, 1.807) is 18.7 Å². The number of fused-ring (bicyclic) bond motifs is 1. The number of aryl methyl sites for hydroxylation is 1. The zero-order valence-corrected chi connectivity index (χ0v) is 15.0. The topological polar surface area (TPSA) is 88.1 Å². The van der Waals surface area contributed by atoms with Gasteiger partial charge in [-0.25, -0.2) is 0 Å². The fourth-order valence-electron chi connectivity index (χ4n) is 2.63. The largest absolute Gasteiger partial charge is 0.476 e. The van der Waals surface area contributed by atoms with Crippen LogP contribution in [0.4, 0.5) is 5.69 Å². The Labute approximate surface area is 147 Å². The molecule has 0 saturated carbocycles. The van der Waals surface area contributed by atoms with Gasteiger partial charge in [0.25, 0.3) is 5.91 Å². The molecule has 0 aliphatic carbocycles. The summed E-state index contributed by atoms with van der Waals surface area (Å²) >= 11 is 0. The number of aliphatic hydroxyl groups excluding tert-OH is 1. The highest BCUT2D eigenvalue weighted by molar-refractivity contribution is 6.02. The van der Waals surface area contributed by atoms with Crippen LogP contribution in [0.3, 0.4) is 0 Å². The number of ether oxygens (including phenoxy) is 2. The molecule has 2 N–H and O–H groups in total. The van der Waals surface area contributed by atoms with Gasteiger partial charge in [0.1, 0.15) is 5.75 Å². The molecular formula is C18H26N2O5. The number of carbonyl (C=O) groups is 2. The summed E-state index contributed by atoms with van der Waals surface area (Å²) in [6.07, 6.45) is 0.190. The van der Waals surface area contributed by atoms with Crippen LogP contribution in [-0.4, -0.2) is 55.4 Å². The van der Waals surface area contributed by atoms with Crippen molar-refractivity contribution in [3.05, 3.63) is 23.8 Å². The smallest absolute Gasteiger partial charge is 0.270 e. The third-order valence-corrected chi connectivity index (χ3v) is 3.90. The van der Waals surface area contributed by atoms with Gasteiger partial charge in [-0.05, 0) is 38.5 Å². The molecule has 7 heteroatoms. The number of rotatable bonds is 8. The molecule has 0 atom stereocenters. The standard InChI is InChI=1S/C18H26N2O5/c1-13-4-5-15-14(12-13)20(17(23)18(2,3)25-15)8-6-16(22)19-7-10-24-11-9-21/h4-5,12,21H,6-11H2,1-3H3,(H,19,22). The number of amides is 2. The van der Waals surface area contributed by atoms with Crippen molar-refractivity contribution in [2.75, 3.05) is 37.8 Å². The Morgan fingerprint density at radius 2 is 2.12 bits per heavy atom. The molecule has 1 aromatic rings. The summed E-state index contributed by atoms with van der Waals surface area (Å²) in [5.41, 5.74) is 0.755. The molecule has 1 aromatic carbocycles. The van der Waals surface area contributed by atoms with Gasteiger partial charge < -0.3 is 24.8 Å². The molecule has 0 radical (unpaired) electrons. The molecule has 138 valence electrons. The monoisotopic (exact) mass is 350 g/mol. The molecular weight excluding hydrogens is 324 g/mol. The molecule has 1 aliphatic rings. The molecule has 7 nitrogen and oxygen atoms in total. The van der Waals surface area contributed by atoms with E-state index in [1.807, 2.05) is 25.1 Å². The second kappa shape index (κ2) is 8.31. The summed E-state index contributed by atoms with van der Waals surface area (Å²) in [5, 5.41) is 11.3. The minimum absolute atomic E-state index is 0.0400. The van der Waals surface area contributed by atoms with Gasteiger partial charge in [0.05, 0.1) is 25.5 Å². The first-order valence-electron chi connectivity index (χ1n) is 8.42. The number of carbonyl (C=O) groups excluding carboxylic acids is 2. The summed E-state index contributed by atoms with van der Waals surface area (Å²) in [6, 6.07) is 5.68. The first kappa shape index (κ1) is 19.2. The van der Waals surface area contributed by atoms with Crippen molar-refractivity contribution in [3.63, 3.8) is 0 Å². The van der Waals surface area contributed by atoms with Crippen molar-refractivity contribution in [2.24, 2.45) is 0 Å². The molecule has 0 aromatic heterocycles. The number of aliphatic hydroxyl groups is 1. The highest BCUT2D eigenvalue weighted by atomic mass is 16.5. The Bertz CT molecular complexity index is 630. The first-order chi connectivity index (χ1) is 11.8. The van der Waals surface area contributed by atoms with Gasteiger partial charge in [-0.15, -0.1) is 0 Å². The Hall–Kier alpha value is -2.12. The van der Waals surface area contributed by atoms with Crippen LogP contribution in [0.5, 0.6) is 5.75 Å². The molecule has 1 aliphatic heterocycles. The average Bonchev–Trinajstić information content (AvgIpc) is 2.56. The lowest BCUT2D eigenvalue weighted by atomic mass is 10.0. The SMILES string of the molecule is Cc1ccc2c(c1)N(CCC(=O)NCCOCCO)C(=O)C(C)(C)O2. The van der Waals surface area contributed by atoms with E-state index in [9.17, 15) is 9.59 Å². The summed E-state index contributed by atoms with van der Waals surface area (Å²) in [6.45, 7) is 6.61. The second-order valence-electron chi connectivity index (χ2n) is 6.48. The van der Waals surface area contributed by atoms with Crippen LogP contribution in [0.1, 0.15) is 25.8 Å². The van der Waals surface area contributed by atoms with Crippen molar-refractivity contribution in [1.82, 2.24) is 5.32 Å². The van der Waals surface area contributed by atoms with Crippen LogP contribution < -0.4 is 15.0 Å². The van der Waals surface area contributed by atoms with Crippen LogP contribution >= 0.6 is 0 Å². The van der Waals surface area contributed by atoms with Crippen molar-refractivity contribution in [3.8, 4) is 5.75 Å². The minimum Gasteiger partial charge on any atom is -0.476 e. The van der Waals surface area contributed by atoms with Gasteiger partial charge in [0.15, 0.2) is 5.60 Å². The van der Waals surface area contributed by atoms with E-state index in [1.165, 1.54) is 0 Å². The van der Waals surface area contributed by atoms with Crippen molar-refractivity contribution in [1.29, 1.82) is 0 Å². The maximum Gasteiger partial charge on any atom is 0.270 e. The molecule has 0 spiro atoms. The van der Waals surface area contributed by atoms with Gasteiger partial charge >= 0.3 is 0 Å². The number of hydrogen-bond donors (Lipinski definition) is 2. The highest BCUT2D eigenvalue weighted by Crippen LogP contribution is 2.38. The molecule has 0 saturated heterocycles. The molecule has 0 bridgehead atoms. The van der Waals surface area contributed by atoms with Crippen LogP contribution in [-0.2, 0) is 14.3 Å². The number of nitrogens with zero attached hydrogens (tertiary/aromatic N) is 1. The maximum atomic E-state index is 12.7. The van der Waals surface area contributed by atoms with E-state index in [0.717, 1.165) is 5.56 Å². The summed E-state index contributed by atoms with van der Waals surface area (Å²) in [4.78, 5) is 26.3. The normalized spacial score (nSPS) is 15.5. The number of anilines is 1. The predicted molar refractivity (Wildman–Crippen MR) is 93.8 cm³/mol. The van der Waals surface area contributed by atoms with E-state index in [4.69, 9.17) is 14.6 Å². The Morgan fingerprint density at radius 1 is 1.36 bits per heavy atom. The maximum absolute atomic E-state index is 12.7. The van der Waals surface area contributed by atoms with Crippen LogP contribution in [0.25, 0.3) is 0 Å². The number of hydrogen-bond acceptors (Lipinski definition) is 5. The lowest BCUT2D eigenvalue weighted by molar-refractivity contribution is -0.132. The number of nitrogens with one attached hydrogen (secondary N) is 1. The first-order valence-corrected chi connectivity index (χ1v) is 8.42. The fraction of sp³-hybridized carbons (Fsp3) is 0.556. The van der Waals surface area contributed by atoms with Gasteiger partial charge in [-0.2, -0.15) is 0 Å². The van der Waals surface area contributed by atoms with Gasteiger partial charge in [0, 0.05) is 19.5 Å². The van der Waals surface area contributed by atoms with Crippen molar-refractivity contribution >= 4 is 17.5 Å². The quantitative estimate of drug-likeness (QED) is 0.683. The van der Waals surface area contributed by atoms with Crippen LogP contribution in [0.15, 0.2) is 18.2 Å². The molecule has 1 heterocycles. The Balaban J connectivity index is 1.97. The molecule has 2 amide bonds. The van der Waals surface area contributed by atoms with Crippen molar-refractivity contribution in [2.45, 2.75) is 32.8 Å². The van der Waals surface area contributed by atoms with Gasteiger partial charge in [-0.3, -0.25) is 9.59 Å². The van der Waals surface area contributed by atoms with E-state index in [0.29, 0.717) is 24.6 Å². The lowest BCUT2D eigenvalue weighted by Crippen LogP contribution is -2.53. The second-order valence-corrected chi connectivity index (χ2v) is 6.48. The summed E-state index contributed by atoms with van der Waals surface area (Å²) in [7, 11) is 0. The summed E-state index contributed by atoms with van der Waals surface area (Å²) < 4.78 is 10.9. The molecule has 25 heavy (non-hydrogen) atoms.